The maximum absolute atomic E-state index is 12.4. The number of unbranched alkanes of at least 4 members (excludes halogenated alkanes) is 1. The zero-order valence-corrected chi connectivity index (χ0v) is 16.3. The summed E-state index contributed by atoms with van der Waals surface area (Å²) in [5.41, 5.74) is 1.26. The van der Waals surface area contributed by atoms with Crippen molar-refractivity contribution in [1.82, 2.24) is 10.2 Å². The number of H-pyrrole nitrogens is 1. The highest BCUT2D eigenvalue weighted by molar-refractivity contribution is 6.04. The number of urea groups is 1. The highest BCUT2D eigenvalue weighted by atomic mass is 19.1. The summed E-state index contributed by atoms with van der Waals surface area (Å²) in [4.78, 5) is 12.4. The molecule has 154 valence electrons. The molecule has 0 saturated heterocycles. The van der Waals surface area contributed by atoms with E-state index in [1.807, 2.05) is 6.07 Å². The number of methoxy groups -OCH3 is 2. The first-order valence-electron chi connectivity index (χ1n) is 9.11. The Hall–Kier alpha value is -3.49. The molecule has 3 aromatic rings. The Morgan fingerprint density at radius 3 is 2.48 bits per heavy atom. The van der Waals surface area contributed by atoms with Gasteiger partial charge in [0.1, 0.15) is 17.2 Å². The lowest BCUT2D eigenvalue weighted by Gasteiger charge is -2.10. The summed E-state index contributed by atoms with van der Waals surface area (Å²) >= 11 is 0. The normalized spacial score (nSPS) is 10.6. The molecule has 0 radical (unpaired) electrons. The van der Waals surface area contributed by atoms with Crippen LogP contribution in [0.4, 0.5) is 20.7 Å². The van der Waals surface area contributed by atoms with E-state index in [1.165, 1.54) is 14.2 Å². The predicted octanol–water partition coefficient (Wildman–Crippen LogP) is 4.35. The van der Waals surface area contributed by atoms with Crippen LogP contribution >= 0.6 is 0 Å². The van der Waals surface area contributed by atoms with Gasteiger partial charge in [-0.3, -0.25) is 14.8 Å². The number of hydrogen-bond donors (Lipinski definition) is 3. The largest absolute Gasteiger partial charge is 0.497 e. The predicted molar refractivity (Wildman–Crippen MR) is 109 cm³/mol. The average Bonchev–Trinajstić information content (AvgIpc) is 3.12. The Morgan fingerprint density at radius 2 is 1.79 bits per heavy atom. The van der Waals surface area contributed by atoms with E-state index in [-0.39, 0.29) is 6.67 Å². The molecule has 0 spiro atoms. The van der Waals surface area contributed by atoms with Gasteiger partial charge >= 0.3 is 6.03 Å². The van der Waals surface area contributed by atoms with Gasteiger partial charge in [-0.1, -0.05) is 0 Å². The maximum Gasteiger partial charge on any atom is 0.324 e. The number of rotatable bonds is 9. The molecule has 0 unspecified atom stereocenters. The van der Waals surface area contributed by atoms with E-state index in [9.17, 15) is 9.18 Å². The van der Waals surface area contributed by atoms with Crippen molar-refractivity contribution in [3.8, 4) is 17.2 Å². The van der Waals surface area contributed by atoms with Gasteiger partial charge in [-0.25, -0.2) is 4.79 Å². The number of carbonyl (C=O) groups is 1. The maximum atomic E-state index is 12.4. The van der Waals surface area contributed by atoms with Crippen LogP contribution in [0.25, 0.3) is 10.9 Å². The van der Waals surface area contributed by atoms with Crippen LogP contribution in [0.1, 0.15) is 12.8 Å². The number of fused-ring (bicyclic) bond motifs is 1. The molecule has 2 aromatic carbocycles. The molecule has 29 heavy (non-hydrogen) atoms. The third-order valence-corrected chi connectivity index (χ3v) is 4.17. The number of amides is 2. The fourth-order valence-electron chi connectivity index (χ4n) is 2.71. The number of aromatic nitrogens is 2. The highest BCUT2D eigenvalue weighted by Crippen LogP contribution is 2.27. The number of halogens is 1. The van der Waals surface area contributed by atoms with Gasteiger partial charge in [-0.05, 0) is 31.0 Å². The molecule has 0 bridgehead atoms. The van der Waals surface area contributed by atoms with Crippen molar-refractivity contribution in [3.05, 3.63) is 36.4 Å². The van der Waals surface area contributed by atoms with Crippen LogP contribution in [0, 0.1) is 0 Å². The van der Waals surface area contributed by atoms with Crippen LogP contribution in [-0.4, -0.2) is 43.7 Å². The summed E-state index contributed by atoms with van der Waals surface area (Å²) in [5, 5.41) is 13.1. The average molecular weight is 402 g/mol. The minimum Gasteiger partial charge on any atom is -0.497 e. The molecule has 8 nitrogen and oxygen atoms in total. The number of carbonyl (C=O) groups excluding carboxylic acids is 1. The Bertz CT molecular complexity index is 954. The standard InChI is InChI=1S/C20H23FN4O4/c1-27-15-9-13(10-16(11-15)28-2)22-20(26)23-19-17-12-14(29-8-4-3-7-21)5-6-18(17)24-25-19/h5-6,9-12H,3-4,7-8H2,1-2H3,(H3,22,23,24,25,26). The Labute approximate surface area is 167 Å². The van der Waals surface area contributed by atoms with Crippen molar-refractivity contribution in [2.75, 3.05) is 38.1 Å². The number of alkyl halides is 1. The molecule has 0 aliphatic heterocycles. The number of aromatic amines is 1. The third kappa shape index (κ3) is 5.28. The van der Waals surface area contributed by atoms with Gasteiger partial charge in [-0.2, -0.15) is 5.10 Å². The second kappa shape index (κ2) is 9.63. The van der Waals surface area contributed by atoms with E-state index in [1.54, 1.807) is 30.3 Å². The van der Waals surface area contributed by atoms with E-state index in [0.717, 1.165) is 5.52 Å². The molecule has 2 amide bonds. The molecule has 0 saturated carbocycles. The van der Waals surface area contributed by atoms with Crippen molar-refractivity contribution in [2.45, 2.75) is 12.8 Å². The van der Waals surface area contributed by atoms with Gasteiger partial charge < -0.3 is 19.5 Å². The molecule has 3 N–H and O–H groups in total. The third-order valence-electron chi connectivity index (χ3n) is 4.17. The first kappa shape index (κ1) is 20.2. The smallest absolute Gasteiger partial charge is 0.324 e. The zero-order chi connectivity index (χ0) is 20.6. The van der Waals surface area contributed by atoms with E-state index < -0.39 is 6.03 Å². The lowest BCUT2D eigenvalue weighted by atomic mass is 10.2. The first-order chi connectivity index (χ1) is 14.1. The summed E-state index contributed by atoms with van der Waals surface area (Å²) in [5.74, 6) is 2.10. The fraction of sp³-hybridized carbons (Fsp3) is 0.300. The van der Waals surface area contributed by atoms with Crippen molar-refractivity contribution < 1.29 is 23.4 Å². The Morgan fingerprint density at radius 1 is 1.03 bits per heavy atom. The molecule has 0 fully saturated rings. The Kier molecular flexibility index (Phi) is 6.72. The van der Waals surface area contributed by atoms with Gasteiger partial charge in [0, 0.05) is 29.3 Å². The van der Waals surface area contributed by atoms with Crippen LogP contribution in [-0.2, 0) is 0 Å². The number of hydrogen-bond acceptors (Lipinski definition) is 5. The fourth-order valence-corrected chi connectivity index (χ4v) is 2.71. The van der Waals surface area contributed by atoms with E-state index in [2.05, 4.69) is 20.8 Å². The summed E-state index contributed by atoms with van der Waals surface area (Å²) < 4.78 is 28.2. The topological polar surface area (TPSA) is 97.5 Å². The second-order valence-electron chi connectivity index (χ2n) is 6.20. The molecule has 1 aromatic heterocycles. The molecule has 0 aliphatic rings. The van der Waals surface area contributed by atoms with E-state index in [4.69, 9.17) is 14.2 Å². The van der Waals surface area contributed by atoms with Crippen molar-refractivity contribution in [3.63, 3.8) is 0 Å². The van der Waals surface area contributed by atoms with Gasteiger partial charge in [0.2, 0.25) is 0 Å². The van der Waals surface area contributed by atoms with Gasteiger partial charge in [0.15, 0.2) is 5.82 Å². The summed E-state index contributed by atoms with van der Waals surface area (Å²) in [6.07, 6.45) is 1.10. The number of ether oxygens (including phenoxy) is 3. The highest BCUT2D eigenvalue weighted by Gasteiger charge is 2.12. The lowest BCUT2D eigenvalue weighted by molar-refractivity contribution is 0.262. The first-order valence-corrected chi connectivity index (χ1v) is 9.11. The number of nitrogens with zero attached hydrogens (tertiary/aromatic N) is 1. The summed E-state index contributed by atoms with van der Waals surface area (Å²) in [6.45, 7) is 0.0701. The molecule has 9 heteroatoms. The minimum absolute atomic E-state index is 0.355. The quantitative estimate of drug-likeness (QED) is 0.462. The second-order valence-corrected chi connectivity index (χ2v) is 6.20. The van der Waals surface area contributed by atoms with Crippen LogP contribution in [0.3, 0.4) is 0 Å². The SMILES string of the molecule is COc1cc(NC(=O)Nc2n[nH]c3ccc(OCCCCF)cc23)cc(OC)c1. The van der Waals surface area contributed by atoms with E-state index >= 15 is 0 Å². The molecule has 0 aliphatic carbocycles. The molecular weight excluding hydrogens is 379 g/mol. The van der Waals surface area contributed by atoms with Gasteiger partial charge in [-0.15, -0.1) is 0 Å². The molecular formula is C20H23FN4O4. The van der Waals surface area contributed by atoms with Crippen LogP contribution in [0.2, 0.25) is 0 Å². The number of anilines is 2. The molecule has 3 rings (SSSR count). The van der Waals surface area contributed by atoms with E-state index in [0.29, 0.717) is 53.6 Å². The van der Waals surface area contributed by atoms with Crippen LogP contribution < -0.4 is 24.8 Å². The van der Waals surface area contributed by atoms with Gasteiger partial charge in [0.25, 0.3) is 0 Å². The number of nitrogens with one attached hydrogen (secondary N) is 3. The summed E-state index contributed by atoms with van der Waals surface area (Å²) in [6, 6.07) is 9.97. The molecule has 0 atom stereocenters. The number of benzene rings is 2. The lowest BCUT2D eigenvalue weighted by Crippen LogP contribution is -2.19. The van der Waals surface area contributed by atoms with Crippen molar-refractivity contribution in [1.29, 1.82) is 0 Å². The summed E-state index contributed by atoms with van der Waals surface area (Å²) in [7, 11) is 3.07. The minimum atomic E-state index is -0.469. The van der Waals surface area contributed by atoms with Crippen LogP contribution in [0.15, 0.2) is 36.4 Å². The van der Waals surface area contributed by atoms with Crippen molar-refractivity contribution in [2.24, 2.45) is 0 Å². The van der Waals surface area contributed by atoms with Crippen LogP contribution in [0.5, 0.6) is 17.2 Å². The molecule has 1 heterocycles. The zero-order valence-electron chi connectivity index (χ0n) is 16.3. The van der Waals surface area contributed by atoms with Gasteiger partial charge in [0.05, 0.1) is 33.0 Å². The van der Waals surface area contributed by atoms with Crippen molar-refractivity contribution >= 4 is 28.4 Å². The Balaban J connectivity index is 1.70. The monoisotopic (exact) mass is 402 g/mol.